The zero-order valence-electron chi connectivity index (χ0n) is 5.94. The van der Waals surface area contributed by atoms with Gasteiger partial charge in [-0.3, -0.25) is 0 Å². The van der Waals surface area contributed by atoms with Gasteiger partial charge in [-0.15, -0.1) is 0 Å². The van der Waals surface area contributed by atoms with Gasteiger partial charge in [-0.25, -0.2) is 0 Å². The predicted octanol–water partition coefficient (Wildman–Crippen LogP) is 1.95. The van der Waals surface area contributed by atoms with Crippen LogP contribution in [0.1, 0.15) is 13.8 Å². The van der Waals surface area contributed by atoms with Gasteiger partial charge in [0.25, 0.3) is 0 Å². The molecule has 0 fully saturated rings. The molecule has 1 heteroatoms. The van der Waals surface area contributed by atoms with Crippen molar-refractivity contribution >= 4 is 7.28 Å². The molecule has 0 N–H and O–H groups in total. The third kappa shape index (κ3) is 2.67. The van der Waals surface area contributed by atoms with Gasteiger partial charge in [0.1, 0.15) is 0 Å². The van der Waals surface area contributed by atoms with E-state index >= 15 is 0 Å². The SMILES string of the molecule is CBC(/C=C\C)=C/C. The highest BCUT2D eigenvalue weighted by molar-refractivity contribution is 6.44. The van der Waals surface area contributed by atoms with Crippen molar-refractivity contribution < 1.29 is 0 Å². The van der Waals surface area contributed by atoms with E-state index < -0.39 is 0 Å². The first-order valence-corrected chi connectivity index (χ1v) is 3.13. The lowest BCUT2D eigenvalue weighted by molar-refractivity contribution is 1.64. The zero-order valence-corrected chi connectivity index (χ0v) is 5.94. The molecule has 44 valence electrons. The van der Waals surface area contributed by atoms with Crippen molar-refractivity contribution in [3.8, 4) is 0 Å². The van der Waals surface area contributed by atoms with E-state index in [2.05, 4.69) is 32.0 Å². The van der Waals surface area contributed by atoms with Gasteiger partial charge in [0.15, 0.2) is 7.28 Å². The minimum absolute atomic E-state index is 1.14. The van der Waals surface area contributed by atoms with E-state index in [0.717, 1.165) is 7.28 Å². The summed E-state index contributed by atoms with van der Waals surface area (Å²) in [5.41, 5.74) is 1.41. The van der Waals surface area contributed by atoms with Crippen molar-refractivity contribution in [3.63, 3.8) is 0 Å². The molecular weight excluding hydrogens is 94.9 g/mol. The topological polar surface area (TPSA) is 0 Å². The average Bonchev–Trinajstić information content (AvgIpc) is 1.83. The number of hydrogen-bond donors (Lipinski definition) is 0. The van der Waals surface area contributed by atoms with Gasteiger partial charge in [-0.05, 0) is 13.8 Å². The van der Waals surface area contributed by atoms with Crippen molar-refractivity contribution in [1.29, 1.82) is 0 Å². The standard InChI is InChI=1S/C7H13B/c1-4-6-7(5-2)8-3/h4-6,8H,1-3H3/b6-4-,7-5+. The fourth-order valence-electron chi connectivity index (χ4n) is 0.632. The fraction of sp³-hybridized carbons (Fsp3) is 0.429. The van der Waals surface area contributed by atoms with Gasteiger partial charge in [-0.2, -0.15) is 0 Å². The highest BCUT2D eigenvalue weighted by atomic mass is 13.7. The van der Waals surface area contributed by atoms with Crippen LogP contribution in [0, 0.1) is 0 Å². The Morgan fingerprint density at radius 3 is 2.12 bits per heavy atom. The van der Waals surface area contributed by atoms with Crippen LogP contribution < -0.4 is 0 Å². The summed E-state index contributed by atoms with van der Waals surface area (Å²) in [6.07, 6.45) is 6.35. The van der Waals surface area contributed by atoms with Gasteiger partial charge in [0, 0.05) is 0 Å². The first-order valence-electron chi connectivity index (χ1n) is 3.13. The molecule has 0 rings (SSSR count). The second kappa shape index (κ2) is 4.70. The highest BCUT2D eigenvalue weighted by Crippen LogP contribution is 1.91. The summed E-state index contributed by atoms with van der Waals surface area (Å²) in [6, 6.07) is 0. The molecule has 0 saturated carbocycles. The van der Waals surface area contributed by atoms with E-state index in [1.165, 1.54) is 5.47 Å². The molecule has 0 aromatic carbocycles. The van der Waals surface area contributed by atoms with Gasteiger partial charge < -0.3 is 0 Å². The lowest BCUT2D eigenvalue weighted by atomic mass is 9.72. The molecule has 0 radical (unpaired) electrons. The average molecular weight is 108 g/mol. The van der Waals surface area contributed by atoms with Crippen LogP contribution >= 0.6 is 0 Å². The second-order valence-electron chi connectivity index (χ2n) is 1.72. The maximum atomic E-state index is 2.16. The molecule has 0 aromatic heterocycles. The van der Waals surface area contributed by atoms with E-state index in [-0.39, 0.29) is 0 Å². The van der Waals surface area contributed by atoms with E-state index in [0.29, 0.717) is 0 Å². The highest BCUT2D eigenvalue weighted by Gasteiger charge is 1.82. The van der Waals surface area contributed by atoms with Crippen LogP contribution in [0.3, 0.4) is 0 Å². The second-order valence-corrected chi connectivity index (χ2v) is 1.72. The third-order valence-electron chi connectivity index (χ3n) is 1.16. The molecule has 0 aliphatic heterocycles. The molecule has 0 unspecified atom stereocenters. The van der Waals surface area contributed by atoms with Gasteiger partial charge >= 0.3 is 0 Å². The van der Waals surface area contributed by atoms with Crippen molar-refractivity contribution in [2.45, 2.75) is 20.7 Å². The molecule has 0 heterocycles. The van der Waals surface area contributed by atoms with Gasteiger partial charge in [0.2, 0.25) is 0 Å². The third-order valence-corrected chi connectivity index (χ3v) is 1.16. The van der Waals surface area contributed by atoms with Crippen LogP contribution in [0.5, 0.6) is 0 Å². The molecular formula is C7H13B. The van der Waals surface area contributed by atoms with E-state index in [4.69, 9.17) is 0 Å². The monoisotopic (exact) mass is 108 g/mol. The Morgan fingerprint density at radius 2 is 2.00 bits per heavy atom. The normalized spacial score (nSPS) is 12.6. The number of allylic oxidation sites excluding steroid dienone is 4. The van der Waals surface area contributed by atoms with Crippen LogP contribution in [-0.4, -0.2) is 7.28 Å². The summed E-state index contributed by atoms with van der Waals surface area (Å²) in [5, 5.41) is 0. The molecule has 0 aliphatic carbocycles. The lowest BCUT2D eigenvalue weighted by Crippen LogP contribution is -1.83. The Kier molecular flexibility index (Phi) is 4.43. The molecule has 0 atom stereocenters. The largest absolute Gasteiger partial charge is 0.154 e. The molecule has 0 bridgehead atoms. The van der Waals surface area contributed by atoms with Gasteiger partial charge in [0.05, 0.1) is 0 Å². The molecule has 0 amide bonds. The molecule has 0 spiro atoms. The van der Waals surface area contributed by atoms with Crippen LogP contribution in [0.25, 0.3) is 0 Å². The van der Waals surface area contributed by atoms with Crippen molar-refractivity contribution in [2.75, 3.05) is 0 Å². The summed E-state index contributed by atoms with van der Waals surface area (Å²) >= 11 is 0. The predicted molar refractivity (Wildman–Crippen MR) is 41.6 cm³/mol. The summed E-state index contributed by atoms with van der Waals surface area (Å²) in [5.74, 6) is 0. The quantitative estimate of drug-likeness (QED) is 0.374. The summed E-state index contributed by atoms with van der Waals surface area (Å²) in [4.78, 5) is 0. The molecule has 8 heavy (non-hydrogen) atoms. The fourth-order valence-corrected chi connectivity index (χ4v) is 0.632. The Labute approximate surface area is 52.5 Å². The number of rotatable bonds is 2. The summed E-state index contributed by atoms with van der Waals surface area (Å²) < 4.78 is 0. The van der Waals surface area contributed by atoms with Gasteiger partial charge in [-0.1, -0.05) is 30.5 Å². The smallest absolute Gasteiger partial charge is 0.0936 e. The Bertz CT molecular complexity index is 98.2. The lowest BCUT2D eigenvalue weighted by Gasteiger charge is -1.88. The first kappa shape index (κ1) is 7.54. The van der Waals surface area contributed by atoms with Crippen LogP contribution in [0.2, 0.25) is 6.82 Å². The van der Waals surface area contributed by atoms with Crippen LogP contribution in [-0.2, 0) is 0 Å². The Morgan fingerprint density at radius 1 is 1.38 bits per heavy atom. The van der Waals surface area contributed by atoms with Crippen molar-refractivity contribution in [3.05, 3.63) is 23.7 Å². The van der Waals surface area contributed by atoms with Crippen LogP contribution in [0.15, 0.2) is 23.7 Å². The van der Waals surface area contributed by atoms with E-state index in [1.54, 1.807) is 0 Å². The maximum Gasteiger partial charge on any atom is 0.154 e. The van der Waals surface area contributed by atoms with E-state index in [1.807, 2.05) is 6.92 Å². The Balaban J connectivity index is 3.72. The van der Waals surface area contributed by atoms with E-state index in [9.17, 15) is 0 Å². The van der Waals surface area contributed by atoms with Crippen molar-refractivity contribution in [2.24, 2.45) is 0 Å². The van der Waals surface area contributed by atoms with Crippen molar-refractivity contribution in [1.82, 2.24) is 0 Å². The maximum absolute atomic E-state index is 2.16. The molecule has 0 aliphatic rings. The van der Waals surface area contributed by atoms with Crippen LogP contribution in [0.4, 0.5) is 0 Å². The zero-order chi connectivity index (χ0) is 6.41. The first-order chi connectivity index (χ1) is 3.85. The minimum atomic E-state index is 1.14. The minimum Gasteiger partial charge on any atom is -0.0936 e. The Hall–Kier alpha value is -0.455. The molecule has 0 nitrogen and oxygen atoms in total. The number of hydrogen-bond acceptors (Lipinski definition) is 0. The summed E-state index contributed by atoms with van der Waals surface area (Å²) in [7, 11) is 1.14. The molecule has 0 aromatic rings. The summed E-state index contributed by atoms with van der Waals surface area (Å²) in [6.45, 7) is 6.27. The molecule has 0 saturated heterocycles.